The molecule has 6 heteroatoms. The highest BCUT2D eigenvalue weighted by atomic mass is 16.4. The maximum absolute atomic E-state index is 11.3. The molecular weight excluding hydrogens is 316 g/mol. The summed E-state index contributed by atoms with van der Waals surface area (Å²) in [6.07, 6.45) is 4.07. The lowest BCUT2D eigenvalue weighted by molar-refractivity contribution is -0.142. The summed E-state index contributed by atoms with van der Waals surface area (Å²) >= 11 is 0. The third-order valence-electron chi connectivity index (χ3n) is 5.54. The van der Waals surface area contributed by atoms with Gasteiger partial charge in [-0.2, -0.15) is 0 Å². The smallest absolute Gasteiger partial charge is 0.306 e. The molecule has 0 radical (unpaired) electrons. The first-order chi connectivity index (χ1) is 12.2. The number of aryl methyl sites for hydroxylation is 1. The topological polar surface area (TPSA) is 71.2 Å². The zero-order valence-electron chi connectivity index (χ0n) is 14.3. The highest BCUT2D eigenvalue weighted by Crippen LogP contribution is 2.30. The quantitative estimate of drug-likeness (QED) is 0.925. The van der Waals surface area contributed by atoms with Gasteiger partial charge in [-0.05, 0) is 31.2 Å². The summed E-state index contributed by atoms with van der Waals surface area (Å²) in [6, 6.07) is 10.9. The third-order valence-corrected chi connectivity index (χ3v) is 5.54. The number of nitrogens with zero attached hydrogens (tertiary/aromatic N) is 4. The van der Waals surface area contributed by atoms with Crippen molar-refractivity contribution in [2.24, 2.45) is 5.92 Å². The van der Waals surface area contributed by atoms with E-state index in [1.165, 1.54) is 5.56 Å². The van der Waals surface area contributed by atoms with Crippen LogP contribution >= 0.6 is 0 Å². The average molecular weight is 340 g/mol. The summed E-state index contributed by atoms with van der Waals surface area (Å²) in [7, 11) is 0. The van der Waals surface area contributed by atoms with E-state index in [2.05, 4.69) is 39.5 Å². The lowest BCUT2D eigenvalue weighted by Gasteiger charge is -2.33. The number of hydrogen-bond donors (Lipinski definition) is 1. The van der Waals surface area contributed by atoms with Crippen LogP contribution in [0.2, 0.25) is 0 Å². The molecule has 1 fully saturated rings. The van der Waals surface area contributed by atoms with Crippen LogP contribution in [0.4, 0.5) is 0 Å². The molecule has 0 amide bonds. The molecule has 6 nitrogen and oxygen atoms in total. The molecule has 0 spiro atoms. The Bertz CT molecular complexity index is 735. The van der Waals surface area contributed by atoms with Crippen LogP contribution in [-0.4, -0.2) is 44.1 Å². The van der Waals surface area contributed by atoms with Gasteiger partial charge in [0.2, 0.25) is 0 Å². The summed E-state index contributed by atoms with van der Waals surface area (Å²) in [6.45, 7) is 3.07. The summed E-state index contributed by atoms with van der Waals surface area (Å²) in [4.78, 5) is 13.8. The van der Waals surface area contributed by atoms with E-state index in [0.717, 1.165) is 50.3 Å². The number of fused-ring (bicyclic) bond motifs is 1. The lowest BCUT2D eigenvalue weighted by Crippen LogP contribution is -2.35. The Hall–Kier alpha value is -2.21. The van der Waals surface area contributed by atoms with Crippen molar-refractivity contribution in [1.29, 1.82) is 0 Å². The molecule has 0 bridgehead atoms. The van der Waals surface area contributed by atoms with Crippen LogP contribution in [-0.2, 0) is 24.2 Å². The van der Waals surface area contributed by atoms with Gasteiger partial charge in [-0.3, -0.25) is 9.69 Å². The van der Waals surface area contributed by atoms with Crippen LogP contribution in [0.25, 0.3) is 0 Å². The minimum Gasteiger partial charge on any atom is -0.481 e. The number of aromatic nitrogens is 3. The third kappa shape index (κ3) is 3.44. The summed E-state index contributed by atoms with van der Waals surface area (Å²) in [5, 5.41) is 18.0. The minimum absolute atomic E-state index is 0.289. The molecule has 0 saturated carbocycles. The first-order valence-electron chi connectivity index (χ1n) is 9.12. The summed E-state index contributed by atoms with van der Waals surface area (Å²) in [5.74, 6) is -0.987. The number of aliphatic carboxylic acids is 1. The standard InChI is InChI=1S/C19H24N4O2/c24-19(25)15-6-7-17-18(12-15)23(21-20-17)16-8-10-22(11-9-16)13-14-4-2-1-3-5-14/h1-5,15-16H,6-13H2,(H,24,25)/t15-/m0/s1. The number of piperidine rings is 1. The van der Waals surface area contributed by atoms with Gasteiger partial charge in [0.05, 0.1) is 23.3 Å². The molecule has 25 heavy (non-hydrogen) atoms. The van der Waals surface area contributed by atoms with Crippen molar-refractivity contribution < 1.29 is 9.90 Å². The van der Waals surface area contributed by atoms with Crippen LogP contribution in [0.3, 0.4) is 0 Å². The first-order valence-corrected chi connectivity index (χ1v) is 9.12. The number of likely N-dealkylation sites (tertiary alicyclic amines) is 1. The first kappa shape index (κ1) is 16.3. The highest BCUT2D eigenvalue weighted by Gasteiger charge is 2.31. The van der Waals surface area contributed by atoms with Gasteiger partial charge in [0.25, 0.3) is 0 Å². The largest absolute Gasteiger partial charge is 0.481 e. The predicted octanol–water partition coefficient (Wildman–Crippen LogP) is 2.30. The second-order valence-corrected chi connectivity index (χ2v) is 7.20. The van der Waals surface area contributed by atoms with Crippen LogP contribution in [0.15, 0.2) is 30.3 Å². The number of rotatable bonds is 4. The zero-order chi connectivity index (χ0) is 17.2. The molecule has 2 heterocycles. The molecule has 4 rings (SSSR count). The molecule has 1 aromatic heterocycles. The van der Waals surface area contributed by atoms with Crippen molar-refractivity contribution in [1.82, 2.24) is 19.9 Å². The Morgan fingerprint density at radius 2 is 1.92 bits per heavy atom. The van der Waals surface area contributed by atoms with Gasteiger partial charge < -0.3 is 5.11 Å². The van der Waals surface area contributed by atoms with Gasteiger partial charge in [0.15, 0.2) is 0 Å². The fourth-order valence-corrected chi connectivity index (χ4v) is 4.07. The predicted molar refractivity (Wildman–Crippen MR) is 93.2 cm³/mol. The average Bonchev–Trinajstić information content (AvgIpc) is 3.06. The number of carbonyl (C=O) groups is 1. The van der Waals surface area contributed by atoms with E-state index in [1.54, 1.807) is 0 Å². The molecule has 1 atom stereocenters. The molecular formula is C19H24N4O2. The van der Waals surface area contributed by atoms with Gasteiger partial charge in [0.1, 0.15) is 0 Å². The molecule has 0 unspecified atom stereocenters. The van der Waals surface area contributed by atoms with Crippen LogP contribution < -0.4 is 0 Å². The highest BCUT2D eigenvalue weighted by molar-refractivity contribution is 5.70. The van der Waals surface area contributed by atoms with Crippen molar-refractivity contribution in [2.75, 3.05) is 13.1 Å². The van der Waals surface area contributed by atoms with Crippen molar-refractivity contribution in [3.05, 3.63) is 47.3 Å². The summed E-state index contributed by atoms with van der Waals surface area (Å²) in [5.41, 5.74) is 3.41. The van der Waals surface area contributed by atoms with Gasteiger partial charge >= 0.3 is 5.97 Å². The Balaban J connectivity index is 1.40. The van der Waals surface area contributed by atoms with Crippen molar-refractivity contribution >= 4 is 5.97 Å². The molecule has 132 valence electrons. The molecule has 1 N–H and O–H groups in total. The Morgan fingerprint density at radius 1 is 1.16 bits per heavy atom. The Morgan fingerprint density at radius 3 is 2.64 bits per heavy atom. The lowest BCUT2D eigenvalue weighted by atomic mass is 9.89. The number of carboxylic acid groups (broad SMARTS) is 1. The van der Waals surface area contributed by atoms with Crippen LogP contribution in [0.1, 0.15) is 42.3 Å². The van der Waals surface area contributed by atoms with E-state index < -0.39 is 5.97 Å². The maximum atomic E-state index is 11.3. The van der Waals surface area contributed by atoms with E-state index in [1.807, 2.05) is 10.7 Å². The Kier molecular flexibility index (Phi) is 4.53. The fourth-order valence-electron chi connectivity index (χ4n) is 4.07. The van der Waals surface area contributed by atoms with Crippen LogP contribution in [0, 0.1) is 5.92 Å². The zero-order valence-corrected chi connectivity index (χ0v) is 14.3. The van der Waals surface area contributed by atoms with Gasteiger partial charge in [-0.15, -0.1) is 5.10 Å². The van der Waals surface area contributed by atoms with E-state index in [-0.39, 0.29) is 5.92 Å². The van der Waals surface area contributed by atoms with E-state index in [4.69, 9.17) is 0 Å². The van der Waals surface area contributed by atoms with Gasteiger partial charge in [-0.1, -0.05) is 35.5 Å². The van der Waals surface area contributed by atoms with Crippen LogP contribution in [0.5, 0.6) is 0 Å². The second-order valence-electron chi connectivity index (χ2n) is 7.20. The van der Waals surface area contributed by atoms with E-state index in [9.17, 15) is 9.90 Å². The summed E-state index contributed by atoms with van der Waals surface area (Å²) < 4.78 is 2.03. The SMILES string of the molecule is O=C(O)[C@H]1CCc2nnn(C3CCN(Cc4ccccc4)CC3)c2C1. The maximum Gasteiger partial charge on any atom is 0.306 e. The number of benzene rings is 1. The number of hydrogen-bond acceptors (Lipinski definition) is 4. The van der Waals surface area contributed by atoms with Crippen molar-refractivity contribution in [3.63, 3.8) is 0 Å². The van der Waals surface area contributed by atoms with Gasteiger partial charge in [-0.25, -0.2) is 4.68 Å². The fraction of sp³-hybridized carbons (Fsp3) is 0.526. The monoisotopic (exact) mass is 340 g/mol. The molecule has 1 saturated heterocycles. The van der Waals surface area contributed by atoms with E-state index in [0.29, 0.717) is 18.9 Å². The Labute approximate surface area is 147 Å². The van der Waals surface area contributed by atoms with E-state index >= 15 is 0 Å². The normalized spacial score (nSPS) is 21.8. The number of carboxylic acids is 1. The second kappa shape index (κ2) is 6.96. The minimum atomic E-state index is -0.698. The molecule has 2 aliphatic rings. The molecule has 2 aromatic rings. The van der Waals surface area contributed by atoms with Crippen molar-refractivity contribution in [3.8, 4) is 0 Å². The van der Waals surface area contributed by atoms with Gasteiger partial charge in [0, 0.05) is 26.1 Å². The molecule has 1 aliphatic carbocycles. The van der Waals surface area contributed by atoms with Crippen molar-refractivity contribution in [2.45, 2.75) is 44.7 Å². The molecule has 1 aliphatic heterocycles. The molecule has 1 aromatic carbocycles.